The quantitative estimate of drug-likeness (QED) is 0.778. The van der Waals surface area contributed by atoms with E-state index in [0.717, 1.165) is 5.56 Å². The largest absolute Gasteiger partial charge is 0.399 e. The number of hydrogen-bond donors (Lipinski definition) is 2. The fourth-order valence-electron chi connectivity index (χ4n) is 2.34. The molecule has 1 heterocycles. The second-order valence-corrected chi connectivity index (χ2v) is 4.78. The van der Waals surface area contributed by atoms with Gasteiger partial charge in [-0.15, -0.1) is 0 Å². The number of nitrogens with two attached hydrogens (primary N) is 1. The van der Waals surface area contributed by atoms with E-state index in [9.17, 15) is 9.59 Å². The number of piperazine rings is 1. The molecule has 0 radical (unpaired) electrons. The predicted molar refractivity (Wildman–Crippen MR) is 73.7 cm³/mol. The Morgan fingerprint density at radius 3 is 2.89 bits per heavy atom. The smallest absolute Gasteiger partial charge is 0.254 e. The van der Waals surface area contributed by atoms with E-state index in [1.165, 1.54) is 0 Å². The number of rotatable bonds is 2. The molecule has 1 aliphatic rings. The van der Waals surface area contributed by atoms with Gasteiger partial charge in [0.1, 0.15) is 6.04 Å². The molecule has 19 heavy (non-hydrogen) atoms. The van der Waals surface area contributed by atoms with Crippen LogP contribution in [0.2, 0.25) is 0 Å². The molecule has 1 atom stereocenters. The van der Waals surface area contributed by atoms with Gasteiger partial charge in [-0.25, -0.2) is 0 Å². The Hall–Kier alpha value is -2.04. The maximum atomic E-state index is 12.5. The van der Waals surface area contributed by atoms with E-state index in [2.05, 4.69) is 5.32 Å². The first-order valence-electron chi connectivity index (χ1n) is 6.49. The van der Waals surface area contributed by atoms with Gasteiger partial charge in [0.15, 0.2) is 0 Å². The summed E-state index contributed by atoms with van der Waals surface area (Å²) in [6.07, 6.45) is 0.617. The van der Waals surface area contributed by atoms with Crippen molar-refractivity contribution in [2.45, 2.75) is 26.3 Å². The lowest BCUT2D eigenvalue weighted by Gasteiger charge is -2.34. The molecule has 1 saturated heterocycles. The number of hydrogen-bond acceptors (Lipinski definition) is 3. The maximum Gasteiger partial charge on any atom is 0.254 e. The molecule has 5 nitrogen and oxygen atoms in total. The van der Waals surface area contributed by atoms with E-state index in [0.29, 0.717) is 30.8 Å². The van der Waals surface area contributed by atoms with Crippen LogP contribution in [0.4, 0.5) is 5.69 Å². The molecule has 0 aliphatic carbocycles. The third-order valence-corrected chi connectivity index (χ3v) is 3.50. The molecule has 1 fully saturated rings. The van der Waals surface area contributed by atoms with Gasteiger partial charge in [-0.1, -0.05) is 6.92 Å². The molecule has 1 aliphatic heterocycles. The zero-order valence-corrected chi connectivity index (χ0v) is 11.3. The van der Waals surface area contributed by atoms with Crippen molar-refractivity contribution in [1.82, 2.24) is 10.2 Å². The average molecular weight is 261 g/mol. The molecule has 2 amide bonds. The number of benzene rings is 1. The molecule has 5 heteroatoms. The summed E-state index contributed by atoms with van der Waals surface area (Å²) in [6.45, 7) is 4.83. The first-order chi connectivity index (χ1) is 9.04. The topological polar surface area (TPSA) is 75.4 Å². The Morgan fingerprint density at radius 1 is 1.53 bits per heavy atom. The molecule has 1 unspecified atom stereocenters. The van der Waals surface area contributed by atoms with Gasteiger partial charge < -0.3 is 16.0 Å². The number of anilines is 1. The van der Waals surface area contributed by atoms with Crippen LogP contribution in [0.1, 0.15) is 29.3 Å². The minimum atomic E-state index is -0.376. The van der Waals surface area contributed by atoms with E-state index in [1.807, 2.05) is 13.8 Å². The lowest BCUT2D eigenvalue weighted by molar-refractivity contribution is -0.127. The van der Waals surface area contributed by atoms with Crippen molar-refractivity contribution >= 4 is 17.5 Å². The average Bonchev–Trinajstić information content (AvgIpc) is 2.40. The van der Waals surface area contributed by atoms with Crippen LogP contribution < -0.4 is 11.1 Å². The number of nitrogen functional groups attached to an aromatic ring is 1. The number of carbonyl (C=O) groups excluding carboxylic acids is 2. The van der Waals surface area contributed by atoms with Crippen molar-refractivity contribution < 1.29 is 9.59 Å². The minimum absolute atomic E-state index is 0.0748. The van der Waals surface area contributed by atoms with Crippen LogP contribution in [0.15, 0.2) is 18.2 Å². The van der Waals surface area contributed by atoms with Crippen LogP contribution in [0.3, 0.4) is 0 Å². The second kappa shape index (κ2) is 5.30. The van der Waals surface area contributed by atoms with Crippen molar-refractivity contribution in [3.05, 3.63) is 29.3 Å². The van der Waals surface area contributed by atoms with E-state index >= 15 is 0 Å². The van der Waals surface area contributed by atoms with Crippen molar-refractivity contribution in [2.24, 2.45) is 0 Å². The molecule has 0 aromatic heterocycles. The second-order valence-electron chi connectivity index (χ2n) is 4.78. The summed E-state index contributed by atoms with van der Waals surface area (Å²) in [5.41, 5.74) is 7.88. The number of nitrogens with one attached hydrogen (secondary N) is 1. The van der Waals surface area contributed by atoms with Gasteiger partial charge in [-0.3, -0.25) is 9.59 Å². The van der Waals surface area contributed by atoms with E-state index in [1.54, 1.807) is 23.1 Å². The highest BCUT2D eigenvalue weighted by molar-refractivity contribution is 5.98. The summed E-state index contributed by atoms with van der Waals surface area (Å²) in [7, 11) is 0. The predicted octanol–water partition coefficient (Wildman–Crippen LogP) is 0.928. The number of aryl methyl sites for hydroxylation is 1. The van der Waals surface area contributed by atoms with Crippen LogP contribution in [-0.2, 0) is 4.79 Å². The van der Waals surface area contributed by atoms with E-state index < -0.39 is 0 Å². The molecule has 0 bridgehead atoms. The minimum Gasteiger partial charge on any atom is -0.399 e. The normalized spacial score (nSPS) is 19.2. The molecule has 2 rings (SSSR count). The Kier molecular flexibility index (Phi) is 3.74. The number of amides is 2. The fraction of sp³-hybridized carbons (Fsp3) is 0.429. The summed E-state index contributed by atoms with van der Waals surface area (Å²) in [4.78, 5) is 25.9. The van der Waals surface area contributed by atoms with Gasteiger partial charge in [0.05, 0.1) is 0 Å². The molecule has 3 N–H and O–H groups in total. The summed E-state index contributed by atoms with van der Waals surface area (Å²) >= 11 is 0. The van der Waals surface area contributed by atoms with Gasteiger partial charge in [0.25, 0.3) is 5.91 Å². The molecule has 102 valence electrons. The van der Waals surface area contributed by atoms with Crippen LogP contribution in [-0.4, -0.2) is 35.8 Å². The van der Waals surface area contributed by atoms with E-state index in [-0.39, 0.29) is 17.9 Å². The monoisotopic (exact) mass is 261 g/mol. The Labute approximate surface area is 112 Å². The van der Waals surface area contributed by atoms with Crippen molar-refractivity contribution in [3.63, 3.8) is 0 Å². The molecule has 0 saturated carbocycles. The van der Waals surface area contributed by atoms with Gasteiger partial charge in [-0.05, 0) is 37.1 Å². The molecular formula is C14H19N3O2. The summed E-state index contributed by atoms with van der Waals surface area (Å²) in [5, 5.41) is 2.79. The van der Waals surface area contributed by atoms with Gasteiger partial charge >= 0.3 is 0 Å². The van der Waals surface area contributed by atoms with Gasteiger partial charge in [-0.2, -0.15) is 0 Å². The lowest BCUT2D eigenvalue weighted by atomic mass is 10.1. The van der Waals surface area contributed by atoms with Gasteiger partial charge in [0, 0.05) is 24.3 Å². The third kappa shape index (κ3) is 2.54. The van der Waals surface area contributed by atoms with Crippen molar-refractivity contribution in [2.75, 3.05) is 18.8 Å². The third-order valence-electron chi connectivity index (χ3n) is 3.50. The van der Waals surface area contributed by atoms with Crippen LogP contribution in [0, 0.1) is 6.92 Å². The summed E-state index contributed by atoms with van der Waals surface area (Å²) < 4.78 is 0. The zero-order chi connectivity index (χ0) is 14.0. The maximum absolute atomic E-state index is 12.5. The number of carbonyl (C=O) groups is 2. The van der Waals surface area contributed by atoms with Crippen LogP contribution in [0.5, 0.6) is 0 Å². The van der Waals surface area contributed by atoms with Crippen LogP contribution in [0.25, 0.3) is 0 Å². The Bertz CT molecular complexity index is 513. The summed E-state index contributed by atoms with van der Waals surface area (Å²) in [5.74, 6) is -0.181. The van der Waals surface area contributed by atoms with E-state index in [4.69, 9.17) is 5.73 Å². The molecule has 1 aromatic carbocycles. The SMILES string of the molecule is CCC1C(=O)NCCN1C(=O)c1ccc(N)c(C)c1. The van der Waals surface area contributed by atoms with Crippen molar-refractivity contribution in [3.8, 4) is 0 Å². The highest BCUT2D eigenvalue weighted by Gasteiger charge is 2.32. The first kappa shape index (κ1) is 13.4. The molecular weight excluding hydrogens is 242 g/mol. The van der Waals surface area contributed by atoms with Crippen molar-refractivity contribution in [1.29, 1.82) is 0 Å². The Morgan fingerprint density at radius 2 is 2.26 bits per heavy atom. The van der Waals surface area contributed by atoms with Crippen LogP contribution >= 0.6 is 0 Å². The first-order valence-corrected chi connectivity index (χ1v) is 6.49. The standard InChI is InChI=1S/C14H19N3O2/c1-3-12-13(18)16-6-7-17(12)14(19)10-4-5-11(15)9(2)8-10/h4-5,8,12H,3,6-7,15H2,1-2H3,(H,16,18). The molecule has 1 aromatic rings. The highest BCUT2D eigenvalue weighted by Crippen LogP contribution is 2.17. The lowest BCUT2D eigenvalue weighted by Crippen LogP contribution is -2.56. The summed E-state index contributed by atoms with van der Waals surface area (Å²) in [6, 6.07) is 4.84. The fourth-order valence-corrected chi connectivity index (χ4v) is 2.34. The molecule has 0 spiro atoms. The Balaban J connectivity index is 2.26. The number of nitrogens with zero attached hydrogens (tertiary/aromatic N) is 1. The highest BCUT2D eigenvalue weighted by atomic mass is 16.2. The zero-order valence-electron chi connectivity index (χ0n) is 11.3. The van der Waals surface area contributed by atoms with Gasteiger partial charge in [0.2, 0.25) is 5.91 Å².